The van der Waals surface area contributed by atoms with Crippen molar-refractivity contribution in [3.8, 4) is 0 Å². The number of nitrogens with zero attached hydrogens (tertiary/aromatic N) is 2. The normalized spacial score (nSPS) is 28.5. The average Bonchev–Trinajstić information content (AvgIpc) is 2.55. The predicted octanol–water partition coefficient (Wildman–Crippen LogP) is 4.01. The Hall–Kier alpha value is -0.260. The van der Waals surface area contributed by atoms with Gasteiger partial charge in [-0.3, -0.25) is 0 Å². The zero-order valence-electron chi connectivity index (χ0n) is 13.3. The lowest BCUT2D eigenvalue weighted by molar-refractivity contribution is -0.0545. The fourth-order valence-electron chi connectivity index (χ4n) is 3.60. The average molecular weight is 345 g/mol. The molecule has 124 valence electrons. The quantitative estimate of drug-likeness (QED) is 0.809. The van der Waals surface area contributed by atoms with Crippen molar-refractivity contribution >= 4 is 23.2 Å². The molecule has 22 heavy (non-hydrogen) atoms. The van der Waals surface area contributed by atoms with Crippen LogP contribution in [0.5, 0.6) is 0 Å². The molecule has 2 N–H and O–H groups in total. The van der Waals surface area contributed by atoms with E-state index in [4.69, 9.17) is 23.2 Å². The third-order valence-corrected chi connectivity index (χ3v) is 5.71. The highest BCUT2D eigenvalue weighted by Crippen LogP contribution is 2.33. The van der Waals surface area contributed by atoms with Crippen LogP contribution in [0.15, 0.2) is 21.3 Å². The van der Waals surface area contributed by atoms with E-state index in [0.29, 0.717) is 6.04 Å². The second-order valence-electron chi connectivity index (χ2n) is 6.30. The zero-order valence-corrected chi connectivity index (χ0v) is 14.8. The summed E-state index contributed by atoms with van der Waals surface area (Å²) in [6.45, 7) is 3.99. The van der Waals surface area contributed by atoms with Crippen molar-refractivity contribution in [1.82, 2.24) is 21.1 Å². The number of allylic oxidation sites excluding steroid dienone is 3. The molecule has 2 aliphatic carbocycles. The Morgan fingerprint density at radius 3 is 2.36 bits per heavy atom. The summed E-state index contributed by atoms with van der Waals surface area (Å²) in [5.41, 5.74) is 9.58. The van der Waals surface area contributed by atoms with Crippen LogP contribution in [0.25, 0.3) is 0 Å². The van der Waals surface area contributed by atoms with E-state index in [-0.39, 0.29) is 0 Å². The molecule has 4 nitrogen and oxygen atoms in total. The van der Waals surface area contributed by atoms with Crippen LogP contribution in [0.2, 0.25) is 0 Å². The minimum atomic E-state index is 0.331. The molecule has 3 aliphatic rings. The smallest absolute Gasteiger partial charge is 0.0635 e. The Labute approximate surface area is 143 Å². The zero-order chi connectivity index (χ0) is 15.5. The van der Waals surface area contributed by atoms with Gasteiger partial charge in [-0.25, -0.2) is 15.6 Å². The summed E-state index contributed by atoms with van der Waals surface area (Å²) in [4.78, 5) is 0. The summed E-state index contributed by atoms with van der Waals surface area (Å²) in [6.07, 6.45) is 9.04. The van der Waals surface area contributed by atoms with Crippen LogP contribution >= 0.6 is 23.2 Å². The maximum absolute atomic E-state index is 6.50. The van der Waals surface area contributed by atoms with Crippen LogP contribution < -0.4 is 11.0 Å². The molecule has 0 aromatic carbocycles. The van der Waals surface area contributed by atoms with Gasteiger partial charge in [0.25, 0.3) is 0 Å². The van der Waals surface area contributed by atoms with Gasteiger partial charge >= 0.3 is 0 Å². The van der Waals surface area contributed by atoms with Gasteiger partial charge in [-0.05, 0) is 56.9 Å². The van der Waals surface area contributed by atoms with E-state index in [1.54, 1.807) is 0 Å². The van der Waals surface area contributed by atoms with Crippen LogP contribution in [0, 0.1) is 0 Å². The molecule has 1 atom stereocenters. The minimum Gasteiger partial charge on any atom is -0.231 e. The summed E-state index contributed by atoms with van der Waals surface area (Å²) in [6, 6.07) is 0.331. The van der Waals surface area contributed by atoms with Gasteiger partial charge in [0.1, 0.15) is 0 Å². The standard InChI is InChI=1S/C16H26Cl2N4/c1-2-21-16(12-7-3-4-8-13(12)17)11-19-22(20-21)15-10-6-5-9-14(15)18/h16,19-20H,2-11H2,1H3. The number of hydrogen-bond donors (Lipinski definition) is 2. The summed E-state index contributed by atoms with van der Waals surface area (Å²) in [7, 11) is 0. The molecule has 0 spiro atoms. The predicted molar refractivity (Wildman–Crippen MR) is 91.8 cm³/mol. The van der Waals surface area contributed by atoms with E-state index in [1.807, 2.05) is 5.12 Å². The van der Waals surface area contributed by atoms with E-state index in [9.17, 15) is 0 Å². The molecular formula is C16H26Cl2N4. The molecule has 1 unspecified atom stereocenters. The summed E-state index contributed by atoms with van der Waals surface area (Å²) in [5.74, 6) is 0. The Balaban J connectivity index is 1.74. The fourth-order valence-corrected chi connectivity index (χ4v) is 4.27. The van der Waals surface area contributed by atoms with Crippen molar-refractivity contribution in [2.24, 2.45) is 0 Å². The highest BCUT2D eigenvalue weighted by molar-refractivity contribution is 6.30. The van der Waals surface area contributed by atoms with Gasteiger partial charge < -0.3 is 0 Å². The number of halogens is 2. The van der Waals surface area contributed by atoms with Crippen molar-refractivity contribution in [2.45, 2.75) is 64.3 Å². The molecular weight excluding hydrogens is 319 g/mol. The first-order chi connectivity index (χ1) is 10.7. The topological polar surface area (TPSA) is 30.5 Å². The van der Waals surface area contributed by atoms with Gasteiger partial charge in [-0.1, -0.05) is 30.1 Å². The van der Waals surface area contributed by atoms with E-state index in [2.05, 4.69) is 22.9 Å². The summed E-state index contributed by atoms with van der Waals surface area (Å²) < 4.78 is 0. The van der Waals surface area contributed by atoms with Crippen LogP contribution in [-0.4, -0.2) is 29.3 Å². The van der Waals surface area contributed by atoms with Crippen molar-refractivity contribution in [3.63, 3.8) is 0 Å². The van der Waals surface area contributed by atoms with Gasteiger partial charge in [0, 0.05) is 23.2 Å². The summed E-state index contributed by atoms with van der Waals surface area (Å²) >= 11 is 12.9. The highest BCUT2D eigenvalue weighted by Gasteiger charge is 2.32. The molecule has 1 fully saturated rings. The second-order valence-corrected chi connectivity index (χ2v) is 7.21. The van der Waals surface area contributed by atoms with E-state index in [0.717, 1.165) is 48.8 Å². The van der Waals surface area contributed by atoms with Crippen molar-refractivity contribution < 1.29 is 0 Å². The number of hydrogen-bond acceptors (Lipinski definition) is 4. The van der Waals surface area contributed by atoms with E-state index < -0.39 is 0 Å². The molecule has 1 saturated heterocycles. The maximum atomic E-state index is 6.50. The molecule has 3 rings (SSSR count). The molecule has 0 aromatic heterocycles. The Morgan fingerprint density at radius 2 is 1.68 bits per heavy atom. The Bertz CT molecular complexity index is 475. The monoisotopic (exact) mass is 344 g/mol. The van der Waals surface area contributed by atoms with Crippen LogP contribution in [0.4, 0.5) is 0 Å². The lowest BCUT2D eigenvalue weighted by Crippen LogP contribution is -2.67. The lowest BCUT2D eigenvalue weighted by atomic mass is 9.93. The first-order valence-corrected chi connectivity index (χ1v) is 9.27. The van der Waals surface area contributed by atoms with Crippen LogP contribution in [0.1, 0.15) is 58.3 Å². The number of likely N-dealkylation sites (N-methyl/N-ethyl adjacent to an activating group) is 1. The first kappa shape index (κ1) is 16.6. The maximum Gasteiger partial charge on any atom is 0.0635 e. The molecule has 1 heterocycles. The third-order valence-electron chi connectivity index (χ3n) is 4.87. The van der Waals surface area contributed by atoms with Gasteiger partial charge in [-0.15, -0.1) is 0 Å². The molecule has 0 saturated carbocycles. The number of rotatable bonds is 3. The number of nitrogens with one attached hydrogen (secondary N) is 2. The largest absolute Gasteiger partial charge is 0.231 e. The molecule has 0 bridgehead atoms. The molecule has 0 radical (unpaired) electrons. The Kier molecular flexibility index (Phi) is 5.69. The lowest BCUT2D eigenvalue weighted by Gasteiger charge is -2.45. The van der Waals surface area contributed by atoms with Gasteiger partial charge in [-0.2, -0.15) is 5.53 Å². The highest BCUT2D eigenvalue weighted by atomic mass is 35.5. The second kappa shape index (κ2) is 7.54. The minimum absolute atomic E-state index is 0.331. The van der Waals surface area contributed by atoms with E-state index >= 15 is 0 Å². The fraction of sp³-hybridized carbons (Fsp3) is 0.750. The van der Waals surface area contributed by atoms with Crippen molar-refractivity contribution in [2.75, 3.05) is 13.1 Å². The van der Waals surface area contributed by atoms with Crippen molar-refractivity contribution in [1.29, 1.82) is 0 Å². The van der Waals surface area contributed by atoms with Gasteiger partial charge in [0.2, 0.25) is 0 Å². The SMILES string of the molecule is CCN1NN(C2=C(Cl)CCCC2)NCC1C1=C(Cl)CCCC1. The van der Waals surface area contributed by atoms with Gasteiger partial charge in [0.15, 0.2) is 0 Å². The number of hydrazine groups is 3. The van der Waals surface area contributed by atoms with E-state index in [1.165, 1.54) is 37.0 Å². The van der Waals surface area contributed by atoms with Crippen LogP contribution in [-0.2, 0) is 0 Å². The van der Waals surface area contributed by atoms with Crippen LogP contribution in [0.3, 0.4) is 0 Å². The van der Waals surface area contributed by atoms with Gasteiger partial charge in [0.05, 0.1) is 11.7 Å². The van der Waals surface area contributed by atoms with Crippen molar-refractivity contribution in [3.05, 3.63) is 21.3 Å². The molecule has 0 amide bonds. The third kappa shape index (κ3) is 3.46. The molecule has 0 aromatic rings. The summed E-state index contributed by atoms with van der Waals surface area (Å²) in [5, 5.41) is 6.36. The molecule has 6 heteroatoms. The first-order valence-electron chi connectivity index (χ1n) is 8.52. The Morgan fingerprint density at radius 1 is 1.00 bits per heavy atom. The molecule has 1 aliphatic heterocycles.